The zero-order valence-electron chi connectivity index (χ0n) is 12.3. The highest BCUT2D eigenvalue weighted by atomic mass is 16.3. The Kier molecular flexibility index (Phi) is 2.97. The molecule has 0 aliphatic carbocycles. The minimum absolute atomic E-state index is 0.262. The van der Waals surface area contributed by atoms with Crippen molar-refractivity contribution in [2.24, 2.45) is 7.05 Å². The number of aromatic amines is 1. The maximum absolute atomic E-state index is 12.3. The molecule has 0 unspecified atom stereocenters. The van der Waals surface area contributed by atoms with E-state index in [4.69, 9.17) is 4.42 Å². The van der Waals surface area contributed by atoms with Gasteiger partial charge >= 0.3 is 0 Å². The summed E-state index contributed by atoms with van der Waals surface area (Å²) < 4.78 is 6.94. The lowest BCUT2D eigenvalue weighted by Crippen LogP contribution is -2.12. The summed E-state index contributed by atoms with van der Waals surface area (Å²) in [5.74, 6) is -0.262. The summed E-state index contributed by atoms with van der Waals surface area (Å²) in [6, 6.07) is 9.06. The molecule has 7 nitrogen and oxygen atoms in total. The molecule has 0 aliphatic rings. The van der Waals surface area contributed by atoms with Crippen molar-refractivity contribution < 1.29 is 9.21 Å². The number of aromatic nitrogens is 4. The lowest BCUT2D eigenvalue weighted by Gasteiger charge is -2.03. The normalized spacial score (nSPS) is 11.0. The zero-order valence-corrected chi connectivity index (χ0v) is 12.3. The molecule has 0 radical (unpaired) electrons. The van der Waals surface area contributed by atoms with Gasteiger partial charge in [-0.05, 0) is 30.3 Å². The summed E-state index contributed by atoms with van der Waals surface area (Å²) in [6.07, 6.45) is 4.88. The Morgan fingerprint density at radius 1 is 1.30 bits per heavy atom. The van der Waals surface area contributed by atoms with E-state index in [0.717, 1.165) is 16.6 Å². The highest BCUT2D eigenvalue weighted by Gasteiger charge is 2.12. The van der Waals surface area contributed by atoms with Gasteiger partial charge in [0.05, 0.1) is 35.6 Å². The second-order valence-corrected chi connectivity index (χ2v) is 5.19. The number of carbonyl (C=O) groups is 1. The number of furan rings is 1. The van der Waals surface area contributed by atoms with Gasteiger partial charge in [0.2, 0.25) is 0 Å². The van der Waals surface area contributed by atoms with Crippen molar-refractivity contribution in [2.45, 2.75) is 0 Å². The summed E-state index contributed by atoms with van der Waals surface area (Å²) in [5.41, 5.74) is 4.36. The third-order valence-corrected chi connectivity index (χ3v) is 3.62. The van der Waals surface area contributed by atoms with Crippen LogP contribution < -0.4 is 5.32 Å². The van der Waals surface area contributed by atoms with Gasteiger partial charge in [0.1, 0.15) is 5.69 Å². The molecule has 114 valence electrons. The van der Waals surface area contributed by atoms with E-state index in [2.05, 4.69) is 20.5 Å². The number of nitrogens with one attached hydrogen (secondary N) is 2. The highest BCUT2D eigenvalue weighted by molar-refractivity contribution is 6.04. The van der Waals surface area contributed by atoms with Crippen molar-refractivity contribution in [1.29, 1.82) is 0 Å². The smallest absolute Gasteiger partial charge is 0.273 e. The quantitative estimate of drug-likeness (QED) is 0.609. The molecule has 4 aromatic rings. The molecule has 0 aliphatic heterocycles. The first-order chi connectivity index (χ1) is 11.2. The second-order valence-electron chi connectivity index (χ2n) is 5.19. The Labute approximate surface area is 130 Å². The molecule has 0 spiro atoms. The number of nitrogens with zero attached hydrogens (tertiary/aromatic N) is 3. The van der Waals surface area contributed by atoms with Gasteiger partial charge in [-0.15, -0.1) is 0 Å². The summed E-state index contributed by atoms with van der Waals surface area (Å²) >= 11 is 0. The Hall–Kier alpha value is -3.35. The largest absolute Gasteiger partial charge is 0.472 e. The molecular formula is C16H13N5O2. The van der Waals surface area contributed by atoms with Gasteiger partial charge < -0.3 is 14.3 Å². The lowest BCUT2D eigenvalue weighted by atomic mass is 10.2. The molecule has 4 rings (SSSR count). The Morgan fingerprint density at radius 2 is 2.22 bits per heavy atom. The predicted molar refractivity (Wildman–Crippen MR) is 85.0 cm³/mol. The van der Waals surface area contributed by atoms with E-state index in [1.54, 1.807) is 31.0 Å². The highest BCUT2D eigenvalue weighted by Crippen LogP contribution is 2.20. The third kappa shape index (κ3) is 2.38. The van der Waals surface area contributed by atoms with E-state index < -0.39 is 0 Å². The van der Waals surface area contributed by atoms with Crippen LogP contribution >= 0.6 is 0 Å². The van der Waals surface area contributed by atoms with Crippen LogP contribution in [-0.4, -0.2) is 25.7 Å². The van der Waals surface area contributed by atoms with Crippen molar-refractivity contribution in [1.82, 2.24) is 19.7 Å². The number of hydrogen-bond acceptors (Lipinski definition) is 4. The minimum atomic E-state index is -0.262. The average molecular weight is 307 g/mol. The van der Waals surface area contributed by atoms with Crippen LogP contribution in [0.25, 0.3) is 22.3 Å². The standard InChI is InChI=1S/C16H13N5O2/c1-21-9-17-13-6-11(2-3-15(13)21)18-16(22)14-7-12(19-20-14)10-4-5-23-8-10/h2-9H,1H3,(H,18,22)(H,19,20). The number of benzene rings is 1. The Bertz CT molecular complexity index is 981. The number of H-pyrrole nitrogens is 1. The molecule has 1 amide bonds. The summed E-state index contributed by atoms with van der Waals surface area (Å²) in [7, 11) is 1.93. The van der Waals surface area contributed by atoms with Gasteiger partial charge in [-0.3, -0.25) is 9.89 Å². The number of fused-ring (bicyclic) bond motifs is 1. The minimum Gasteiger partial charge on any atom is -0.472 e. The molecule has 23 heavy (non-hydrogen) atoms. The van der Waals surface area contributed by atoms with Gasteiger partial charge in [-0.1, -0.05) is 0 Å². The van der Waals surface area contributed by atoms with E-state index in [-0.39, 0.29) is 5.91 Å². The van der Waals surface area contributed by atoms with Gasteiger partial charge in [-0.25, -0.2) is 4.98 Å². The molecule has 0 saturated heterocycles. The maximum atomic E-state index is 12.3. The van der Waals surface area contributed by atoms with Crippen LogP contribution in [-0.2, 0) is 7.05 Å². The number of hydrogen-bond donors (Lipinski definition) is 2. The van der Waals surface area contributed by atoms with Crippen molar-refractivity contribution in [2.75, 3.05) is 5.32 Å². The number of aryl methyl sites for hydroxylation is 1. The van der Waals surface area contributed by atoms with Crippen LogP contribution in [0.4, 0.5) is 5.69 Å². The van der Waals surface area contributed by atoms with Gasteiger partial charge in [0.15, 0.2) is 0 Å². The number of carbonyl (C=O) groups excluding carboxylic acids is 1. The molecular weight excluding hydrogens is 294 g/mol. The van der Waals surface area contributed by atoms with Gasteiger partial charge in [0.25, 0.3) is 5.91 Å². The third-order valence-electron chi connectivity index (χ3n) is 3.62. The number of imidazole rings is 1. The van der Waals surface area contributed by atoms with Crippen molar-refractivity contribution in [3.05, 3.63) is 54.9 Å². The van der Waals surface area contributed by atoms with Crippen LogP contribution in [0.3, 0.4) is 0 Å². The fourth-order valence-electron chi connectivity index (χ4n) is 2.41. The number of rotatable bonds is 3. The molecule has 0 saturated carbocycles. The topological polar surface area (TPSA) is 88.7 Å². The van der Waals surface area contributed by atoms with Crippen LogP contribution in [0.5, 0.6) is 0 Å². The zero-order chi connectivity index (χ0) is 15.8. The first-order valence-corrected chi connectivity index (χ1v) is 7.01. The van der Waals surface area contributed by atoms with Crippen LogP contribution in [0.2, 0.25) is 0 Å². The Balaban J connectivity index is 1.57. The number of amides is 1. The first kappa shape index (κ1) is 13.3. The second kappa shape index (κ2) is 5.13. The van der Waals surface area contributed by atoms with E-state index in [9.17, 15) is 4.79 Å². The summed E-state index contributed by atoms with van der Waals surface area (Å²) in [5, 5.41) is 9.68. The Morgan fingerprint density at radius 3 is 3.04 bits per heavy atom. The van der Waals surface area contributed by atoms with Gasteiger partial charge in [-0.2, -0.15) is 5.10 Å². The van der Waals surface area contributed by atoms with Crippen LogP contribution in [0, 0.1) is 0 Å². The van der Waals surface area contributed by atoms with E-state index in [1.165, 1.54) is 0 Å². The number of anilines is 1. The first-order valence-electron chi connectivity index (χ1n) is 7.01. The maximum Gasteiger partial charge on any atom is 0.273 e. The fourth-order valence-corrected chi connectivity index (χ4v) is 2.41. The molecule has 0 bridgehead atoms. The van der Waals surface area contributed by atoms with E-state index in [0.29, 0.717) is 17.1 Å². The van der Waals surface area contributed by atoms with E-state index in [1.807, 2.05) is 29.8 Å². The fraction of sp³-hybridized carbons (Fsp3) is 0.0625. The summed E-state index contributed by atoms with van der Waals surface area (Å²) in [4.78, 5) is 16.6. The molecule has 3 aromatic heterocycles. The lowest BCUT2D eigenvalue weighted by molar-refractivity contribution is 0.102. The average Bonchev–Trinajstić information content (AvgIpc) is 3.27. The molecule has 1 aromatic carbocycles. The van der Waals surface area contributed by atoms with Crippen molar-refractivity contribution in [3.63, 3.8) is 0 Å². The molecule has 0 fully saturated rings. The van der Waals surface area contributed by atoms with Crippen molar-refractivity contribution >= 4 is 22.6 Å². The predicted octanol–water partition coefficient (Wildman–Crippen LogP) is 2.81. The van der Waals surface area contributed by atoms with E-state index >= 15 is 0 Å². The summed E-state index contributed by atoms with van der Waals surface area (Å²) in [6.45, 7) is 0. The molecule has 2 N–H and O–H groups in total. The van der Waals surface area contributed by atoms with Crippen molar-refractivity contribution in [3.8, 4) is 11.3 Å². The van der Waals surface area contributed by atoms with Crippen LogP contribution in [0.15, 0.2) is 53.6 Å². The monoisotopic (exact) mass is 307 g/mol. The van der Waals surface area contributed by atoms with Crippen LogP contribution in [0.1, 0.15) is 10.5 Å². The molecule has 0 atom stereocenters. The molecule has 7 heteroatoms. The SMILES string of the molecule is Cn1cnc2cc(NC(=O)c3cc(-c4ccoc4)n[nH]3)ccc21. The van der Waals surface area contributed by atoms with Gasteiger partial charge in [0, 0.05) is 18.3 Å². The molecule has 3 heterocycles.